The number of nitrogens with one attached hydrogen (secondary N) is 1. The van der Waals surface area contributed by atoms with Gasteiger partial charge in [0.2, 0.25) is 5.91 Å². The van der Waals surface area contributed by atoms with Crippen LogP contribution in [-0.2, 0) is 9.54 Å². The summed E-state index contributed by atoms with van der Waals surface area (Å²) in [5, 5.41) is 14.2. The maximum Gasteiger partial charge on any atom is 0.269 e. The van der Waals surface area contributed by atoms with Gasteiger partial charge in [-0.25, -0.2) is 0 Å². The van der Waals surface area contributed by atoms with Gasteiger partial charge in [0.05, 0.1) is 16.9 Å². The number of amides is 1. The SMILES string of the molecule is COc1ccc(C(=O)C2=CC[C@@H](c3ccc([N+](=O)[O-])cc3)[C@@]3(S2)C(=O)Nc2cccc(Br)c23)cc1. The summed E-state index contributed by atoms with van der Waals surface area (Å²) in [5.74, 6) is -0.0939. The van der Waals surface area contributed by atoms with E-state index in [-0.39, 0.29) is 23.3 Å². The zero-order chi connectivity index (χ0) is 24.7. The van der Waals surface area contributed by atoms with Gasteiger partial charge in [0.1, 0.15) is 10.5 Å². The van der Waals surface area contributed by atoms with Crippen LogP contribution in [0, 0.1) is 10.1 Å². The van der Waals surface area contributed by atoms with Crippen LogP contribution >= 0.6 is 27.7 Å². The number of fused-ring (bicyclic) bond motifs is 2. The number of rotatable bonds is 5. The van der Waals surface area contributed by atoms with Crippen molar-refractivity contribution in [1.82, 2.24) is 0 Å². The Balaban J connectivity index is 1.62. The second-order valence-electron chi connectivity index (χ2n) is 8.22. The van der Waals surface area contributed by atoms with Crippen molar-refractivity contribution < 1.29 is 19.2 Å². The molecular weight excluding hydrogens is 532 g/mol. The monoisotopic (exact) mass is 550 g/mol. The summed E-state index contributed by atoms with van der Waals surface area (Å²) in [4.78, 5) is 38.3. The largest absolute Gasteiger partial charge is 0.497 e. The molecule has 7 nitrogen and oxygen atoms in total. The van der Waals surface area contributed by atoms with E-state index in [1.165, 1.54) is 23.9 Å². The molecule has 2 aliphatic heterocycles. The van der Waals surface area contributed by atoms with Crippen LogP contribution in [0.15, 0.2) is 82.2 Å². The van der Waals surface area contributed by atoms with Crippen molar-refractivity contribution in [1.29, 1.82) is 0 Å². The fraction of sp³-hybridized carbons (Fsp3) is 0.154. The quantitative estimate of drug-likeness (QED) is 0.230. The number of ether oxygens (including phenoxy) is 1. The first-order chi connectivity index (χ1) is 16.8. The molecule has 0 unspecified atom stereocenters. The van der Waals surface area contributed by atoms with Crippen molar-refractivity contribution in [3.05, 3.63) is 109 Å². The van der Waals surface area contributed by atoms with Gasteiger partial charge in [-0.3, -0.25) is 19.7 Å². The number of hydrogen-bond acceptors (Lipinski definition) is 6. The predicted molar refractivity (Wildman–Crippen MR) is 138 cm³/mol. The highest BCUT2D eigenvalue weighted by Crippen LogP contribution is 2.62. The molecule has 3 aromatic rings. The van der Waals surface area contributed by atoms with E-state index in [1.807, 2.05) is 24.3 Å². The molecule has 0 bridgehead atoms. The minimum Gasteiger partial charge on any atom is -0.497 e. The minimum absolute atomic E-state index is 0.0189. The molecule has 2 heterocycles. The first-order valence-corrected chi connectivity index (χ1v) is 12.4. The molecule has 9 heteroatoms. The van der Waals surface area contributed by atoms with E-state index in [1.54, 1.807) is 43.5 Å². The number of thioether (sulfide) groups is 1. The predicted octanol–water partition coefficient (Wildman–Crippen LogP) is 6.20. The Morgan fingerprint density at radius 3 is 2.51 bits per heavy atom. The number of ketones is 1. The smallest absolute Gasteiger partial charge is 0.269 e. The Bertz CT molecular complexity index is 1390. The van der Waals surface area contributed by atoms with Gasteiger partial charge in [0.15, 0.2) is 5.78 Å². The number of carbonyl (C=O) groups excluding carboxylic acids is 2. The lowest BCUT2D eigenvalue weighted by Crippen LogP contribution is -2.40. The summed E-state index contributed by atoms with van der Waals surface area (Å²) in [6, 6.07) is 18.7. The maximum atomic E-state index is 13.7. The standard InChI is InChI=1S/C26H19BrN2O5S/c1-34-18-11-7-16(8-12-18)24(30)22-14-13-19(15-5-9-17(10-6-15)29(32)33)26(35-22)23-20(27)3-2-4-21(23)28-25(26)31/h2-12,14,19H,13H2,1H3,(H,28,31)/t19-,26-/m0/s1. The molecule has 1 N–H and O–H groups in total. The van der Waals surface area contributed by atoms with Crippen LogP contribution < -0.4 is 10.1 Å². The summed E-state index contributed by atoms with van der Waals surface area (Å²) < 4.78 is 4.82. The van der Waals surface area contributed by atoms with Crippen LogP contribution in [0.3, 0.4) is 0 Å². The van der Waals surface area contributed by atoms with Crippen LogP contribution in [0.1, 0.15) is 33.8 Å². The number of anilines is 1. The summed E-state index contributed by atoms with van der Waals surface area (Å²) >= 11 is 4.86. The molecule has 0 saturated carbocycles. The van der Waals surface area contributed by atoms with Gasteiger partial charge >= 0.3 is 0 Å². The van der Waals surface area contributed by atoms with E-state index in [4.69, 9.17) is 4.74 Å². The lowest BCUT2D eigenvalue weighted by molar-refractivity contribution is -0.384. The minimum atomic E-state index is -1.13. The number of Topliss-reactive ketones (excluding diaryl/α,β-unsaturated/α-hetero) is 1. The average molecular weight is 551 g/mol. The average Bonchev–Trinajstić information content (AvgIpc) is 3.15. The third kappa shape index (κ3) is 3.84. The van der Waals surface area contributed by atoms with Crippen LogP contribution in [0.4, 0.5) is 11.4 Å². The van der Waals surface area contributed by atoms with Crippen molar-refractivity contribution >= 4 is 50.8 Å². The highest BCUT2D eigenvalue weighted by atomic mass is 79.9. The molecular formula is C26H19BrN2O5S. The van der Waals surface area contributed by atoms with Gasteiger partial charge in [-0.2, -0.15) is 0 Å². The summed E-state index contributed by atoms with van der Waals surface area (Å²) in [5.41, 5.74) is 2.72. The lowest BCUT2D eigenvalue weighted by atomic mass is 9.78. The number of methoxy groups -OCH3 is 1. The second kappa shape index (κ2) is 8.98. The lowest BCUT2D eigenvalue weighted by Gasteiger charge is -2.39. The first-order valence-electron chi connectivity index (χ1n) is 10.8. The second-order valence-corrected chi connectivity index (χ2v) is 10.4. The molecule has 0 radical (unpaired) electrons. The third-order valence-corrected chi connectivity index (χ3v) is 8.58. The number of halogens is 1. The summed E-state index contributed by atoms with van der Waals surface area (Å²) in [6.45, 7) is 0. The number of non-ortho nitro benzene ring substituents is 1. The topological polar surface area (TPSA) is 98.5 Å². The van der Waals surface area contributed by atoms with E-state index in [0.29, 0.717) is 28.3 Å². The molecule has 2 aliphatic rings. The Hall–Kier alpha value is -3.43. The van der Waals surface area contributed by atoms with E-state index in [9.17, 15) is 19.7 Å². The summed E-state index contributed by atoms with van der Waals surface area (Å²) in [7, 11) is 1.56. The van der Waals surface area contributed by atoms with Gasteiger partial charge in [0.25, 0.3) is 5.69 Å². The van der Waals surface area contributed by atoms with Crippen molar-refractivity contribution in [2.45, 2.75) is 17.1 Å². The number of nitro groups is 1. The van der Waals surface area contributed by atoms with E-state index >= 15 is 0 Å². The van der Waals surface area contributed by atoms with Gasteiger partial charge in [-0.05, 0) is 48.4 Å². The number of carbonyl (C=O) groups is 2. The van der Waals surface area contributed by atoms with E-state index in [2.05, 4.69) is 21.2 Å². The van der Waals surface area contributed by atoms with Crippen molar-refractivity contribution in [2.24, 2.45) is 0 Å². The Labute approximate surface area is 213 Å². The molecule has 2 atom stereocenters. The zero-order valence-corrected chi connectivity index (χ0v) is 20.9. The van der Waals surface area contributed by atoms with Crippen molar-refractivity contribution in [2.75, 3.05) is 12.4 Å². The van der Waals surface area contributed by atoms with E-state index in [0.717, 1.165) is 15.6 Å². The summed E-state index contributed by atoms with van der Waals surface area (Å²) in [6.07, 6.45) is 2.27. The van der Waals surface area contributed by atoms with Gasteiger partial charge in [-0.1, -0.05) is 52.0 Å². The Morgan fingerprint density at radius 1 is 1.14 bits per heavy atom. The molecule has 0 fully saturated rings. The molecule has 1 amide bonds. The first kappa shape index (κ1) is 23.3. The number of hydrogen-bond donors (Lipinski definition) is 1. The van der Waals surface area contributed by atoms with Gasteiger partial charge in [0, 0.05) is 39.3 Å². The molecule has 0 aliphatic carbocycles. The number of nitro benzene ring substituents is 1. The zero-order valence-electron chi connectivity index (χ0n) is 18.5. The Kier molecular flexibility index (Phi) is 5.98. The molecule has 0 saturated heterocycles. The fourth-order valence-corrected chi connectivity index (χ4v) is 7.05. The molecule has 176 valence electrons. The maximum absolute atomic E-state index is 13.7. The van der Waals surface area contributed by atoms with Crippen LogP contribution in [0.5, 0.6) is 5.75 Å². The van der Waals surface area contributed by atoms with Gasteiger partial charge in [-0.15, -0.1) is 0 Å². The number of nitrogens with zero attached hydrogens (tertiary/aromatic N) is 1. The normalized spacial score (nSPS) is 20.7. The van der Waals surface area contributed by atoms with Crippen LogP contribution in [0.2, 0.25) is 0 Å². The number of allylic oxidation sites excluding steroid dienone is 2. The van der Waals surface area contributed by atoms with Crippen molar-refractivity contribution in [3.8, 4) is 5.75 Å². The van der Waals surface area contributed by atoms with E-state index < -0.39 is 9.67 Å². The fourth-order valence-electron chi connectivity index (χ4n) is 4.66. The molecule has 3 aromatic carbocycles. The molecule has 1 spiro atoms. The highest BCUT2D eigenvalue weighted by Gasteiger charge is 2.56. The van der Waals surface area contributed by atoms with Gasteiger partial charge < -0.3 is 10.1 Å². The van der Waals surface area contributed by atoms with Crippen LogP contribution in [-0.4, -0.2) is 23.7 Å². The van der Waals surface area contributed by atoms with Crippen LogP contribution in [0.25, 0.3) is 0 Å². The highest BCUT2D eigenvalue weighted by molar-refractivity contribution is 9.10. The molecule has 0 aromatic heterocycles. The number of benzene rings is 3. The third-order valence-electron chi connectivity index (χ3n) is 6.35. The van der Waals surface area contributed by atoms with Crippen molar-refractivity contribution in [3.63, 3.8) is 0 Å². The molecule has 35 heavy (non-hydrogen) atoms. The molecule has 5 rings (SSSR count). The Morgan fingerprint density at radius 2 is 1.86 bits per heavy atom.